The number of aromatic amines is 1. The third kappa shape index (κ3) is 4.52. The maximum absolute atomic E-state index is 12.6. The molecule has 6 nitrogen and oxygen atoms in total. The van der Waals surface area contributed by atoms with Crippen LogP contribution in [0.2, 0.25) is 0 Å². The van der Waals surface area contributed by atoms with E-state index in [1.807, 2.05) is 32.3 Å². The molecule has 0 saturated heterocycles. The number of aromatic nitrogens is 1. The largest absolute Gasteiger partial charge is 0.465 e. The molecule has 1 heterocycles. The lowest BCUT2D eigenvalue weighted by molar-refractivity contribution is 0.0599. The van der Waals surface area contributed by atoms with Crippen LogP contribution in [0, 0.1) is 13.8 Å². The second-order valence-corrected chi connectivity index (χ2v) is 6.63. The number of benzene rings is 1. The second kappa shape index (κ2) is 8.67. The maximum Gasteiger partial charge on any atom is 0.339 e. The summed E-state index contributed by atoms with van der Waals surface area (Å²) in [5.74, 6) is -0.661. The van der Waals surface area contributed by atoms with E-state index in [-0.39, 0.29) is 11.9 Å². The topological polar surface area (TPSA) is 74.4 Å². The first kappa shape index (κ1) is 19.7. The number of carbonyl (C=O) groups is 2. The number of methoxy groups -OCH3 is 1. The monoisotopic (exact) mass is 357 g/mol. The number of likely N-dealkylation sites (N-methyl/N-ethyl adjacent to an activating group) is 1. The third-order valence-corrected chi connectivity index (χ3v) is 4.60. The van der Waals surface area contributed by atoms with Crippen molar-refractivity contribution in [1.29, 1.82) is 0 Å². The van der Waals surface area contributed by atoms with Crippen LogP contribution in [0.5, 0.6) is 0 Å². The molecule has 140 valence electrons. The van der Waals surface area contributed by atoms with Gasteiger partial charge in [0.05, 0.1) is 12.7 Å². The Hall–Kier alpha value is -2.60. The zero-order valence-electron chi connectivity index (χ0n) is 16.1. The molecule has 0 aliphatic heterocycles. The first-order valence-corrected chi connectivity index (χ1v) is 8.61. The zero-order chi connectivity index (χ0) is 19.3. The molecule has 2 N–H and O–H groups in total. The van der Waals surface area contributed by atoms with Gasteiger partial charge in [-0.2, -0.15) is 0 Å². The summed E-state index contributed by atoms with van der Waals surface area (Å²) in [7, 11) is 5.33. The van der Waals surface area contributed by atoms with E-state index < -0.39 is 5.97 Å². The van der Waals surface area contributed by atoms with E-state index in [1.165, 1.54) is 12.7 Å². The SMILES string of the molecule is COC(=O)c1c(C)[nH]c(C(=O)NCC(Cc2ccccc2)N(C)C)c1C. The quantitative estimate of drug-likeness (QED) is 0.746. The van der Waals surface area contributed by atoms with Crippen molar-refractivity contribution >= 4 is 11.9 Å². The Balaban J connectivity index is 2.08. The van der Waals surface area contributed by atoms with Crippen molar-refractivity contribution in [2.75, 3.05) is 27.7 Å². The first-order valence-electron chi connectivity index (χ1n) is 8.61. The van der Waals surface area contributed by atoms with Crippen LogP contribution in [0.3, 0.4) is 0 Å². The van der Waals surface area contributed by atoms with E-state index >= 15 is 0 Å². The standard InChI is InChI=1S/C20H27N3O3/c1-13-17(20(25)26-5)14(2)22-18(13)19(24)21-12-16(23(3)4)11-15-9-7-6-8-10-15/h6-10,16,22H,11-12H2,1-5H3,(H,21,24). The number of esters is 1. The maximum atomic E-state index is 12.6. The van der Waals surface area contributed by atoms with Crippen LogP contribution in [-0.2, 0) is 11.2 Å². The minimum atomic E-state index is -0.439. The Morgan fingerprint density at radius 2 is 1.85 bits per heavy atom. The van der Waals surface area contributed by atoms with E-state index in [0.717, 1.165) is 6.42 Å². The molecule has 0 spiro atoms. The molecule has 1 aromatic carbocycles. The van der Waals surface area contributed by atoms with Gasteiger partial charge in [-0.25, -0.2) is 4.79 Å². The minimum absolute atomic E-state index is 0.165. The predicted octanol–water partition coefficient (Wildman–Crippen LogP) is 2.32. The number of hydrogen-bond donors (Lipinski definition) is 2. The van der Waals surface area contributed by atoms with Crippen LogP contribution in [0.15, 0.2) is 30.3 Å². The fourth-order valence-electron chi connectivity index (χ4n) is 3.01. The minimum Gasteiger partial charge on any atom is -0.465 e. The molecule has 2 rings (SSSR count). The van der Waals surface area contributed by atoms with Crippen LogP contribution < -0.4 is 5.32 Å². The highest BCUT2D eigenvalue weighted by Gasteiger charge is 2.23. The zero-order valence-corrected chi connectivity index (χ0v) is 16.1. The van der Waals surface area contributed by atoms with E-state index in [9.17, 15) is 9.59 Å². The molecule has 0 aliphatic carbocycles. The van der Waals surface area contributed by atoms with Crippen molar-refractivity contribution in [2.45, 2.75) is 26.3 Å². The molecule has 0 fully saturated rings. The average molecular weight is 357 g/mol. The summed E-state index contributed by atoms with van der Waals surface area (Å²) in [6, 6.07) is 10.3. The predicted molar refractivity (Wildman–Crippen MR) is 102 cm³/mol. The van der Waals surface area contributed by atoms with Crippen LogP contribution >= 0.6 is 0 Å². The third-order valence-electron chi connectivity index (χ3n) is 4.60. The molecule has 1 aromatic heterocycles. The van der Waals surface area contributed by atoms with Gasteiger partial charge in [-0.15, -0.1) is 0 Å². The Morgan fingerprint density at radius 3 is 2.42 bits per heavy atom. The number of hydrogen-bond acceptors (Lipinski definition) is 4. The molecule has 0 saturated carbocycles. The van der Waals surface area contributed by atoms with Gasteiger partial charge in [0.15, 0.2) is 0 Å². The number of nitrogens with one attached hydrogen (secondary N) is 2. The summed E-state index contributed by atoms with van der Waals surface area (Å²) in [6.45, 7) is 4.01. The molecule has 0 bridgehead atoms. The first-order chi connectivity index (χ1) is 12.3. The Kier molecular flexibility index (Phi) is 6.58. The van der Waals surface area contributed by atoms with E-state index in [1.54, 1.807) is 13.8 Å². The molecule has 26 heavy (non-hydrogen) atoms. The lowest BCUT2D eigenvalue weighted by Crippen LogP contribution is -2.41. The van der Waals surface area contributed by atoms with Crippen molar-refractivity contribution in [3.63, 3.8) is 0 Å². The van der Waals surface area contributed by atoms with Gasteiger partial charge >= 0.3 is 5.97 Å². The number of nitrogens with zero attached hydrogens (tertiary/aromatic N) is 1. The van der Waals surface area contributed by atoms with Crippen molar-refractivity contribution < 1.29 is 14.3 Å². The van der Waals surface area contributed by atoms with Crippen LogP contribution in [0.1, 0.15) is 37.7 Å². The van der Waals surface area contributed by atoms with Gasteiger partial charge in [-0.1, -0.05) is 30.3 Å². The lowest BCUT2D eigenvalue weighted by Gasteiger charge is -2.24. The summed E-state index contributed by atoms with van der Waals surface area (Å²) in [5.41, 5.74) is 3.29. The molecule has 6 heteroatoms. The molecule has 1 amide bonds. The number of rotatable bonds is 7. The van der Waals surface area contributed by atoms with Gasteiger partial charge in [0.25, 0.3) is 5.91 Å². The van der Waals surface area contributed by atoms with Gasteiger partial charge in [-0.05, 0) is 45.5 Å². The highest BCUT2D eigenvalue weighted by molar-refractivity contribution is 6.00. The Bertz CT molecular complexity index is 766. The average Bonchev–Trinajstić information content (AvgIpc) is 2.92. The van der Waals surface area contributed by atoms with Crippen LogP contribution in [0.25, 0.3) is 0 Å². The van der Waals surface area contributed by atoms with Crippen molar-refractivity contribution in [1.82, 2.24) is 15.2 Å². The number of carbonyl (C=O) groups excluding carboxylic acids is 2. The van der Waals surface area contributed by atoms with Gasteiger partial charge in [-0.3, -0.25) is 4.79 Å². The fourth-order valence-corrected chi connectivity index (χ4v) is 3.01. The van der Waals surface area contributed by atoms with Crippen LogP contribution in [0.4, 0.5) is 0 Å². The Labute approximate surface area is 154 Å². The van der Waals surface area contributed by atoms with Gasteiger partial charge in [0.2, 0.25) is 0 Å². The van der Waals surface area contributed by atoms with Gasteiger partial charge in [0, 0.05) is 18.3 Å². The smallest absolute Gasteiger partial charge is 0.339 e. The summed E-state index contributed by atoms with van der Waals surface area (Å²) < 4.78 is 4.79. The fraction of sp³-hybridized carbons (Fsp3) is 0.400. The summed E-state index contributed by atoms with van der Waals surface area (Å²) >= 11 is 0. The molecular formula is C20H27N3O3. The number of H-pyrrole nitrogens is 1. The number of amides is 1. The number of ether oxygens (including phenoxy) is 1. The van der Waals surface area contributed by atoms with Crippen molar-refractivity contribution in [3.8, 4) is 0 Å². The molecule has 1 unspecified atom stereocenters. The highest BCUT2D eigenvalue weighted by atomic mass is 16.5. The van der Waals surface area contributed by atoms with E-state index in [0.29, 0.717) is 29.1 Å². The molecule has 0 aliphatic rings. The second-order valence-electron chi connectivity index (χ2n) is 6.63. The summed E-state index contributed by atoms with van der Waals surface area (Å²) in [6.07, 6.45) is 0.838. The lowest BCUT2D eigenvalue weighted by atomic mass is 10.0. The number of aryl methyl sites for hydroxylation is 1. The molecular weight excluding hydrogens is 330 g/mol. The van der Waals surface area contributed by atoms with E-state index in [2.05, 4.69) is 27.3 Å². The van der Waals surface area contributed by atoms with Gasteiger partial charge < -0.3 is 19.9 Å². The van der Waals surface area contributed by atoms with Crippen LogP contribution in [-0.4, -0.2) is 55.6 Å². The normalized spacial score (nSPS) is 12.1. The van der Waals surface area contributed by atoms with Crippen molar-refractivity contribution in [3.05, 3.63) is 58.4 Å². The molecule has 0 radical (unpaired) electrons. The highest BCUT2D eigenvalue weighted by Crippen LogP contribution is 2.19. The summed E-state index contributed by atoms with van der Waals surface area (Å²) in [4.78, 5) is 29.6. The van der Waals surface area contributed by atoms with E-state index in [4.69, 9.17) is 4.74 Å². The Morgan fingerprint density at radius 1 is 1.19 bits per heavy atom. The molecule has 1 atom stereocenters. The molecule has 2 aromatic rings. The van der Waals surface area contributed by atoms with Crippen molar-refractivity contribution in [2.24, 2.45) is 0 Å². The summed E-state index contributed by atoms with van der Waals surface area (Å²) in [5, 5.41) is 2.97. The van der Waals surface area contributed by atoms with Gasteiger partial charge in [0.1, 0.15) is 5.69 Å².